The van der Waals surface area contributed by atoms with Gasteiger partial charge in [0.05, 0.1) is 0 Å². The molecule has 13 nitrogen and oxygen atoms in total. The first-order valence-corrected chi connectivity index (χ1v) is 30.6. The van der Waals surface area contributed by atoms with Crippen LogP contribution in [0, 0.1) is 0 Å². The number of hydrogen-bond donors (Lipinski definition) is 4. The molecule has 4 atom stereocenters. The van der Waals surface area contributed by atoms with E-state index in [2.05, 4.69) is 67.1 Å². The fraction of sp³-hybridized carbons (Fsp3) is 1.00. The van der Waals surface area contributed by atoms with Crippen LogP contribution >= 0.6 is 0 Å². The van der Waals surface area contributed by atoms with Crippen molar-refractivity contribution in [1.82, 2.24) is 40.9 Å². The van der Waals surface area contributed by atoms with Gasteiger partial charge in [-0.05, 0) is 102 Å². The Hall–Kier alpha value is 0.348. The first-order valence-electron chi connectivity index (χ1n) is 20.5. The Bertz CT molecular complexity index is 880. The maximum absolute atomic E-state index is 7.64. The van der Waals surface area contributed by atoms with Crippen molar-refractivity contribution in [1.29, 1.82) is 0 Å². The van der Waals surface area contributed by atoms with E-state index in [1.807, 2.05) is 14.2 Å². The van der Waals surface area contributed by atoms with Crippen LogP contribution in [-0.4, -0.2) is 199 Å². The van der Waals surface area contributed by atoms with E-state index in [1.54, 1.807) is 0 Å². The van der Waals surface area contributed by atoms with Gasteiger partial charge in [-0.15, -0.1) is 0 Å². The molecule has 300 valence electrons. The first-order chi connectivity index (χ1) is 24.6. The molecule has 0 radical (unpaired) electrons. The van der Waals surface area contributed by atoms with Gasteiger partial charge in [0.25, 0.3) is 0 Å². The first kappa shape index (κ1) is 44.1. The van der Waals surface area contributed by atoms with Crippen LogP contribution < -0.4 is 21.3 Å². The van der Waals surface area contributed by atoms with Crippen molar-refractivity contribution in [3.63, 3.8) is 0 Å². The number of rotatable bonds is 24. The number of piperazine rings is 4. The molecule has 4 saturated heterocycles. The lowest BCUT2D eigenvalue weighted by Gasteiger charge is -2.44. The molecule has 0 aliphatic carbocycles. The topological polar surface area (TPSA) is 107 Å². The normalized spacial score (nSPS) is 25.5. The third-order valence-corrected chi connectivity index (χ3v) is 28.6. The Labute approximate surface area is 316 Å². The average molecular weight is 791 g/mol. The second kappa shape index (κ2) is 22.8. The molecular weight excluding hydrogens is 713 g/mol. The lowest BCUT2D eigenvalue weighted by Crippen LogP contribution is -2.61. The quantitative estimate of drug-likeness (QED) is 0.107. The molecule has 0 saturated carbocycles. The minimum Gasteiger partial charge on any atom is -0.416 e. The predicted molar refractivity (Wildman–Crippen MR) is 219 cm³/mol. The van der Waals surface area contributed by atoms with E-state index in [9.17, 15) is 0 Å². The van der Waals surface area contributed by atoms with Gasteiger partial charge in [-0.25, -0.2) is 0 Å². The summed E-state index contributed by atoms with van der Waals surface area (Å²) >= 11 is 0. The SMILES string of the molecule is CO[Si](C)(CCCN1CCNCC1)O[Si](C)(CCCN1CCNCC1)O[Si](C)(CCCN1CCNCC1)O[Si](C)(CCCN1CCNCC1)OC. The molecule has 0 spiro atoms. The average Bonchev–Trinajstić information content (AvgIpc) is 3.13. The third-order valence-electron chi connectivity index (χ3n) is 11.4. The molecule has 4 heterocycles. The molecule has 0 aromatic heterocycles. The summed E-state index contributed by atoms with van der Waals surface area (Å²) in [4.78, 5) is 10.4. The maximum Gasteiger partial charge on any atom is 0.325 e. The summed E-state index contributed by atoms with van der Waals surface area (Å²) in [5.41, 5.74) is 0. The van der Waals surface area contributed by atoms with E-state index < -0.39 is 34.2 Å². The number of nitrogens with one attached hydrogen (secondary N) is 4. The fourth-order valence-corrected chi connectivity index (χ4v) is 27.0. The van der Waals surface area contributed by atoms with Crippen LogP contribution in [0.3, 0.4) is 0 Å². The van der Waals surface area contributed by atoms with Crippen LogP contribution in [-0.2, 0) is 21.2 Å². The largest absolute Gasteiger partial charge is 0.416 e. The van der Waals surface area contributed by atoms with Crippen LogP contribution in [0.5, 0.6) is 0 Å². The van der Waals surface area contributed by atoms with Crippen molar-refractivity contribution in [2.24, 2.45) is 0 Å². The zero-order chi connectivity index (χ0) is 36.5. The molecule has 4 rings (SSSR count). The Morgan fingerprint density at radius 3 is 0.824 bits per heavy atom. The van der Waals surface area contributed by atoms with Crippen LogP contribution in [0.2, 0.25) is 50.4 Å². The van der Waals surface area contributed by atoms with Crippen molar-refractivity contribution >= 4 is 34.2 Å². The zero-order valence-corrected chi connectivity index (χ0v) is 37.6. The van der Waals surface area contributed by atoms with Gasteiger partial charge in [-0.1, -0.05) is 0 Å². The van der Waals surface area contributed by atoms with Crippen molar-refractivity contribution in [2.75, 3.05) is 145 Å². The van der Waals surface area contributed by atoms with E-state index in [-0.39, 0.29) is 0 Å². The second-order valence-corrected chi connectivity index (χ2v) is 30.4. The van der Waals surface area contributed by atoms with E-state index >= 15 is 0 Å². The molecule has 4 N–H and O–H groups in total. The van der Waals surface area contributed by atoms with Gasteiger partial charge in [0.1, 0.15) is 0 Å². The van der Waals surface area contributed by atoms with E-state index in [1.165, 1.54) is 0 Å². The minimum absolute atomic E-state index is 0.957. The van der Waals surface area contributed by atoms with Crippen molar-refractivity contribution in [2.45, 2.75) is 76.0 Å². The van der Waals surface area contributed by atoms with Crippen LogP contribution in [0.4, 0.5) is 0 Å². The monoisotopic (exact) mass is 791 g/mol. The van der Waals surface area contributed by atoms with Gasteiger partial charge in [0, 0.05) is 119 Å². The van der Waals surface area contributed by atoms with Gasteiger partial charge in [-0.2, -0.15) is 0 Å². The van der Waals surface area contributed by atoms with Crippen LogP contribution in [0.15, 0.2) is 0 Å². The lowest BCUT2D eigenvalue weighted by molar-refractivity contribution is 0.213. The number of hydrogen-bond acceptors (Lipinski definition) is 13. The summed E-state index contributed by atoms with van der Waals surface area (Å²) in [6.07, 6.45) is 4.35. The number of nitrogens with zero attached hydrogens (tertiary/aromatic N) is 4. The highest BCUT2D eigenvalue weighted by Gasteiger charge is 2.50. The molecule has 51 heavy (non-hydrogen) atoms. The third kappa shape index (κ3) is 16.5. The molecule has 0 aromatic rings. The molecule has 17 heteroatoms. The molecule has 4 unspecified atom stereocenters. The van der Waals surface area contributed by atoms with Crippen molar-refractivity contribution < 1.29 is 21.2 Å². The second-order valence-electron chi connectivity index (χ2n) is 16.0. The Balaban J connectivity index is 1.48. The molecule has 0 amide bonds. The zero-order valence-electron chi connectivity index (χ0n) is 33.6. The highest BCUT2D eigenvalue weighted by atomic mass is 28.5. The van der Waals surface area contributed by atoms with Gasteiger partial charge < -0.3 is 62.1 Å². The molecule has 4 fully saturated rings. The molecular formula is C34H78N8O5Si4. The Morgan fingerprint density at radius 2 is 0.588 bits per heavy atom. The van der Waals surface area contributed by atoms with Gasteiger partial charge >= 0.3 is 34.2 Å². The standard InChI is InChI=1S/C34H78N8O5Si4/c1-43-48(3,31-7-19-39-23-11-35-12-24-39)45-50(5,33-9-21-41-27-15-37-16-28-41)47-51(6,34-10-22-42-29-17-38-18-30-42)46-49(4,44-2)32-8-20-40-25-13-36-14-26-40/h35-38H,7-34H2,1-6H3. The fourth-order valence-electron chi connectivity index (χ4n) is 8.24. The molecule has 0 aromatic carbocycles. The van der Waals surface area contributed by atoms with Crippen molar-refractivity contribution in [3.05, 3.63) is 0 Å². The smallest absolute Gasteiger partial charge is 0.325 e. The van der Waals surface area contributed by atoms with E-state index in [0.717, 1.165) is 181 Å². The van der Waals surface area contributed by atoms with E-state index in [4.69, 9.17) is 21.2 Å². The van der Waals surface area contributed by atoms with Gasteiger partial charge in [0.15, 0.2) is 0 Å². The Morgan fingerprint density at radius 1 is 0.373 bits per heavy atom. The highest BCUT2D eigenvalue weighted by Crippen LogP contribution is 2.34. The summed E-state index contributed by atoms with van der Waals surface area (Å²) in [5, 5.41) is 14.0. The maximum atomic E-state index is 7.64. The summed E-state index contributed by atoms with van der Waals surface area (Å²) in [5.74, 6) is 0. The summed E-state index contributed by atoms with van der Waals surface area (Å²) in [6.45, 7) is 31.2. The summed E-state index contributed by atoms with van der Waals surface area (Å²) < 4.78 is 35.3. The minimum atomic E-state index is -2.74. The summed E-state index contributed by atoms with van der Waals surface area (Å²) in [7, 11) is -6.74. The van der Waals surface area contributed by atoms with Crippen LogP contribution in [0.1, 0.15) is 25.7 Å². The lowest BCUT2D eigenvalue weighted by atomic mass is 10.3. The Kier molecular flexibility index (Phi) is 19.7. The predicted octanol–water partition coefficient (Wildman–Crippen LogP) is 1.80. The van der Waals surface area contributed by atoms with Crippen LogP contribution in [0.25, 0.3) is 0 Å². The molecule has 0 bridgehead atoms. The van der Waals surface area contributed by atoms with E-state index in [0.29, 0.717) is 0 Å². The molecule has 4 aliphatic heterocycles. The highest BCUT2D eigenvalue weighted by molar-refractivity contribution is 6.88. The molecule has 4 aliphatic rings. The van der Waals surface area contributed by atoms with Gasteiger partial charge in [0.2, 0.25) is 0 Å². The summed E-state index contributed by atoms with van der Waals surface area (Å²) in [6, 6.07) is 3.88. The van der Waals surface area contributed by atoms with Gasteiger partial charge in [-0.3, -0.25) is 0 Å². The van der Waals surface area contributed by atoms with Crippen molar-refractivity contribution in [3.8, 4) is 0 Å².